The maximum atomic E-state index is 5.08. The number of aromatic nitrogens is 19. The van der Waals surface area contributed by atoms with Crippen molar-refractivity contribution in [3.8, 4) is 0 Å². The van der Waals surface area contributed by atoms with Crippen molar-refractivity contribution in [3.63, 3.8) is 0 Å². The molecular formula is C72H129N19O. The first-order valence-corrected chi connectivity index (χ1v) is 31.6. The molecule has 0 bridgehead atoms. The largest absolute Gasteiger partial charge is 0.361 e. The van der Waals surface area contributed by atoms with Crippen molar-refractivity contribution < 1.29 is 4.52 Å². The number of nitrogens with zero attached hydrogens (tertiary/aromatic N) is 16. The highest BCUT2D eigenvalue weighted by atomic mass is 16.5. The number of nitrogens with one attached hydrogen (secondary N) is 3. The lowest BCUT2D eigenvalue weighted by atomic mass is 9.90. The van der Waals surface area contributed by atoms with E-state index in [2.05, 4.69) is 288 Å². The van der Waals surface area contributed by atoms with Gasteiger partial charge >= 0.3 is 0 Å². The number of rotatable bonds is 0. The lowest BCUT2D eigenvalue weighted by Crippen LogP contribution is -2.13. The van der Waals surface area contributed by atoms with Crippen LogP contribution in [0.25, 0.3) is 0 Å². The number of hydrogen-bond donors (Lipinski definition) is 3. The fourth-order valence-electron chi connectivity index (χ4n) is 7.33. The molecule has 9 rings (SSSR count). The third-order valence-corrected chi connectivity index (χ3v) is 13.4. The molecule has 0 saturated carbocycles. The van der Waals surface area contributed by atoms with Crippen molar-refractivity contribution >= 4 is 0 Å². The molecule has 518 valence electrons. The van der Waals surface area contributed by atoms with Crippen molar-refractivity contribution in [2.45, 2.75) is 278 Å². The summed E-state index contributed by atoms with van der Waals surface area (Å²) in [5.74, 6) is 4.76. The van der Waals surface area contributed by atoms with Crippen molar-refractivity contribution in [2.75, 3.05) is 0 Å². The molecule has 9 aromatic heterocycles. The predicted molar refractivity (Wildman–Crippen MR) is 383 cm³/mol. The normalized spacial score (nSPS) is 11.9. The van der Waals surface area contributed by atoms with E-state index in [0.717, 1.165) is 57.5 Å². The van der Waals surface area contributed by atoms with E-state index in [1.165, 1.54) is 22.6 Å². The minimum absolute atomic E-state index is 0. The van der Waals surface area contributed by atoms with Gasteiger partial charge in [0.2, 0.25) is 0 Å². The Morgan fingerprint density at radius 3 is 1.24 bits per heavy atom. The van der Waals surface area contributed by atoms with Crippen LogP contribution in [0.1, 0.15) is 275 Å². The van der Waals surface area contributed by atoms with Gasteiger partial charge in [0.1, 0.15) is 23.2 Å². The Morgan fingerprint density at radius 2 is 1.04 bits per heavy atom. The van der Waals surface area contributed by atoms with Gasteiger partial charge in [-0.3, -0.25) is 19.1 Å². The van der Waals surface area contributed by atoms with Gasteiger partial charge in [0.15, 0.2) is 5.82 Å². The van der Waals surface area contributed by atoms with Crippen LogP contribution in [0.2, 0.25) is 0 Å². The Labute approximate surface area is 557 Å². The summed E-state index contributed by atoms with van der Waals surface area (Å²) in [5.41, 5.74) is 11.7. The third-order valence-electron chi connectivity index (χ3n) is 13.4. The SMILES string of the molecule is C.Cc1c(C(C)(C)C)ncn1C.Cc1cc(C(C)(C)C)on1.Cc1cnc(C(C)(C)C)[nH]1.Cc1nc(C(C)(C)C)n[nH]1.Cc1ncc(C(C)(C)C)[nH]1.Cn1cc(C(C)(C)C)cn1.Cn1cc(C(C)(C)C)nn1.Cn1ccc(C(C)(C)C)n1.Cn1cnc(C(C)(C)C)c1. The van der Waals surface area contributed by atoms with E-state index in [0.29, 0.717) is 0 Å². The molecule has 0 radical (unpaired) electrons. The predicted octanol–water partition coefficient (Wildman–Crippen LogP) is 16.6. The molecule has 0 spiro atoms. The van der Waals surface area contributed by atoms with Crippen LogP contribution in [-0.4, -0.2) is 93.9 Å². The molecule has 0 unspecified atom stereocenters. The molecular weight excluding hydrogens is 1150 g/mol. The summed E-state index contributed by atoms with van der Waals surface area (Å²) >= 11 is 0. The van der Waals surface area contributed by atoms with E-state index in [1.807, 2.05) is 127 Å². The van der Waals surface area contributed by atoms with Crippen LogP contribution in [0.15, 0.2) is 72.7 Å². The van der Waals surface area contributed by atoms with Gasteiger partial charge in [-0.15, -0.1) is 5.10 Å². The highest BCUT2D eigenvalue weighted by Gasteiger charge is 2.23. The highest BCUT2D eigenvalue weighted by Crippen LogP contribution is 2.26. The number of hydrogen-bond acceptors (Lipinski definition) is 12. The molecule has 3 N–H and O–H groups in total. The summed E-state index contributed by atoms with van der Waals surface area (Å²) in [6, 6.07) is 4.03. The van der Waals surface area contributed by atoms with Crippen LogP contribution < -0.4 is 0 Å². The van der Waals surface area contributed by atoms with E-state index in [1.54, 1.807) is 4.68 Å². The Hall–Kier alpha value is -7.25. The second kappa shape index (κ2) is 34.1. The van der Waals surface area contributed by atoms with Crippen molar-refractivity contribution in [2.24, 2.45) is 35.2 Å². The average Bonchev–Trinajstić information content (AvgIpc) is 1.94. The van der Waals surface area contributed by atoms with E-state index < -0.39 is 0 Å². The zero-order chi connectivity index (χ0) is 70.9. The zero-order valence-electron chi connectivity index (χ0n) is 63.9. The van der Waals surface area contributed by atoms with Crippen molar-refractivity contribution in [1.29, 1.82) is 0 Å². The van der Waals surface area contributed by atoms with Crippen LogP contribution in [0.3, 0.4) is 0 Å². The van der Waals surface area contributed by atoms with E-state index in [4.69, 9.17) is 4.52 Å². The van der Waals surface area contributed by atoms with Gasteiger partial charge < -0.3 is 23.6 Å². The maximum Gasteiger partial charge on any atom is 0.155 e. The summed E-state index contributed by atoms with van der Waals surface area (Å²) in [6.45, 7) is 67.9. The molecule has 20 nitrogen and oxygen atoms in total. The molecule has 20 heteroatoms. The zero-order valence-corrected chi connectivity index (χ0v) is 63.9. The number of H-pyrrole nitrogens is 3. The van der Waals surface area contributed by atoms with Gasteiger partial charge in [0, 0.05) is 139 Å². The molecule has 0 amide bonds. The first kappa shape index (κ1) is 84.8. The Bertz CT molecular complexity index is 2850. The van der Waals surface area contributed by atoms with E-state index in [9.17, 15) is 0 Å². The monoisotopic (exact) mass is 1280 g/mol. The van der Waals surface area contributed by atoms with Crippen LogP contribution in [0.5, 0.6) is 0 Å². The average molecular weight is 1280 g/mol. The first-order valence-electron chi connectivity index (χ1n) is 31.6. The van der Waals surface area contributed by atoms with Gasteiger partial charge in [-0.05, 0) is 51.7 Å². The summed E-state index contributed by atoms with van der Waals surface area (Å²) in [5, 5.41) is 26.9. The highest BCUT2D eigenvalue weighted by molar-refractivity contribution is 5.20. The van der Waals surface area contributed by atoms with Gasteiger partial charge in [0.05, 0.1) is 47.3 Å². The summed E-state index contributed by atoms with van der Waals surface area (Å²) < 4.78 is 14.5. The van der Waals surface area contributed by atoms with E-state index in [-0.39, 0.29) is 56.2 Å². The molecule has 0 aliphatic carbocycles. The fraction of sp³-hybridized carbons (Fsp3) is 0.653. The molecule has 9 aromatic rings. The van der Waals surface area contributed by atoms with Crippen LogP contribution >= 0.6 is 0 Å². The Balaban J connectivity index is 0.00000101. The topological polar surface area (TPSA) is 227 Å². The molecule has 0 aromatic carbocycles. The minimum atomic E-state index is 0. The summed E-state index contributed by atoms with van der Waals surface area (Å²) in [6.07, 6.45) is 17.4. The van der Waals surface area contributed by atoms with Crippen molar-refractivity contribution in [1.82, 2.24) is 93.9 Å². The van der Waals surface area contributed by atoms with Gasteiger partial charge in [-0.2, -0.15) is 15.3 Å². The molecule has 0 saturated heterocycles. The second-order valence-electron chi connectivity index (χ2n) is 32.9. The van der Waals surface area contributed by atoms with Gasteiger partial charge in [-0.1, -0.05) is 205 Å². The van der Waals surface area contributed by atoms with Crippen LogP contribution in [-0.2, 0) is 84.0 Å². The van der Waals surface area contributed by atoms with Gasteiger partial charge in [-0.25, -0.2) is 24.9 Å². The van der Waals surface area contributed by atoms with E-state index >= 15 is 0 Å². The minimum Gasteiger partial charge on any atom is -0.361 e. The molecule has 0 atom stereocenters. The Kier molecular flexibility index (Phi) is 31.4. The van der Waals surface area contributed by atoms with Crippen LogP contribution in [0, 0.1) is 34.6 Å². The smallest absolute Gasteiger partial charge is 0.155 e. The van der Waals surface area contributed by atoms with Gasteiger partial charge in [0.25, 0.3) is 0 Å². The number of aryl methyl sites for hydroxylation is 9. The Morgan fingerprint density at radius 1 is 0.478 bits per heavy atom. The number of aromatic amines is 3. The molecule has 0 aliphatic rings. The van der Waals surface area contributed by atoms with Crippen molar-refractivity contribution in [3.05, 3.63) is 148 Å². The molecule has 92 heavy (non-hydrogen) atoms. The lowest BCUT2D eigenvalue weighted by Gasteiger charge is -2.16. The lowest BCUT2D eigenvalue weighted by molar-refractivity contribution is 0.327. The molecule has 0 aliphatic heterocycles. The maximum absolute atomic E-state index is 5.08. The summed E-state index contributed by atoms with van der Waals surface area (Å²) in [7, 11) is 9.77. The fourth-order valence-corrected chi connectivity index (χ4v) is 7.33. The quantitative estimate of drug-likeness (QED) is 0.129. The molecule has 0 fully saturated rings. The standard InChI is InChI=1S/C9H16N2.5C8H14N2.C8H13NO.2C7H13N3.CH4/c1-7-8(9(2,3)4)10-6-11(7)5;1-8(2,3)7-5-10(4)6-9-7;1-8(2,3)7-5-9-10(4)6-7;1-8(2,3)7-5-6-10(4)9-7;1-6-9-5-7(10-6)8(2,3)4;1-6-5-9-7(10-6)8(2,3)4;1-6-5-7(10-9-6)8(2,3)4;1-7(2,3)6-5-10(4)9-8-6;1-5-8-6(10-9-5)7(2,3)4;/h6H,1-5H3;3*5-6H,1-4H3;2*5H,1-4H3,(H,9,10);2*5H,1-4H3;1-4H3,(H,8,9,10);1H4. The number of imidazole rings is 4. The second-order valence-corrected chi connectivity index (χ2v) is 32.9. The summed E-state index contributed by atoms with van der Waals surface area (Å²) in [4.78, 5) is 27.6. The molecule has 9 heterocycles. The first-order chi connectivity index (χ1) is 40.9. The van der Waals surface area contributed by atoms with Crippen LogP contribution in [0.4, 0.5) is 0 Å². The third kappa shape index (κ3) is 31.9.